The Balaban J connectivity index is 1.77. The zero-order valence-electron chi connectivity index (χ0n) is 9.54. The van der Waals surface area contributed by atoms with E-state index in [1.54, 1.807) is 0 Å². The van der Waals surface area contributed by atoms with E-state index in [1.807, 2.05) is 11.9 Å². The predicted molar refractivity (Wildman–Crippen MR) is 59.7 cm³/mol. The maximum Gasteiger partial charge on any atom is 0.236 e. The van der Waals surface area contributed by atoms with E-state index >= 15 is 0 Å². The van der Waals surface area contributed by atoms with E-state index in [0.29, 0.717) is 6.54 Å². The number of carbonyl (C=O) groups excluding carboxylic acids is 1. The monoisotopic (exact) mass is 211 g/mol. The summed E-state index contributed by atoms with van der Waals surface area (Å²) in [6, 6.07) is 0. The van der Waals surface area contributed by atoms with Crippen LogP contribution in [0.3, 0.4) is 0 Å². The Morgan fingerprint density at radius 2 is 2.07 bits per heavy atom. The predicted octanol–water partition coefficient (Wildman–Crippen LogP) is -0.240. The smallest absolute Gasteiger partial charge is 0.236 e. The second-order valence-electron chi connectivity index (χ2n) is 4.74. The van der Waals surface area contributed by atoms with Gasteiger partial charge in [0.2, 0.25) is 5.91 Å². The van der Waals surface area contributed by atoms with Gasteiger partial charge in [-0.25, -0.2) is 0 Å². The summed E-state index contributed by atoms with van der Waals surface area (Å²) in [7, 11) is 1.89. The molecule has 0 unspecified atom stereocenters. The highest BCUT2D eigenvalue weighted by molar-refractivity contribution is 5.78. The first kappa shape index (κ1) is 10.9. The molecule has 0 aromatic carbocycles. The van der Waals surface area contributed by atoms with E-state index in [9.17, 15) is 4.79 Å². The van der Waals surface area contributed by atoms with Gasteiger partial charge in [0.25, 0.3) is 0 Å². The van der Waals surface area contributed by atoms with Gasteiger partial charge in [0.15, 0.2) is 0 Å². The van der Waals surface area contributed by atoms with Crippen LogP contribution in [0.25, 0.3) is 0 Å². The average molecular weight is 211 g/mol. The fraction of sp³-hybridized carbons (Fsp3) is 0.909. The van der Waals surface area contributed by atoms with Crippen molar-refractivity contribution in [3.8, 4) is 0 Å². The van der Waals surface area contributed by atoms with Crippen LogP contribution in [-0.4, -0.2) is 62.0 Å². The Bertz CT molecular complexity index is 226. The van der Waals surface area contributed by atoms with Crippen LogP contribution in [-0.2, 0) is 4.79 Å². The Morgan fingerprint density at radius 3 is 2.73 bits per heavy atom. The average Bonchev–Trinajstić information content (AvgIpc) is 2.25. The number of nitrogens with zero attached hydrogens (tertiary/aromatic N) is 2. The third-order valence-corrected chi connectivity index (χ3v) is 3.51. The van der Waals surface area contributed by atoms with E-state index in [-0.39, 0.29) is 5.91 Å². The Labute approximate surface area is 91.6 Å². The van der Waals surface area contributed by atoms with E-state index in [4.69, 9.17) is 0 Å². The summed E-state index contributed by atoms with van der Waals surface area (Å²) in [4.78, 5) is 15.7. The maximum atomic E-state index is 11.5. The molecule has 1 amide bonds. The summed E-state index contributed by atoms with van der Waals surface area (Å²) >= 11 is 0. The second-order valence-corrected chi connectivity index (χ2v) is 4.74. The van der Waals surface area contributed by atoms with E-state index in [0.717, 1.165) is 38.6 Å². The zero-order valence-corrected chi connectivity index (χ0v) is 9.54. The summed E-state index contributed by atoms with van der Waals surface area (Å²) in [5.74, 6) is 1.07. The van der Waals surface area contributed by atoms with Crippen LogP contribution in [0.15, 0.2) is 0 Å². The zero-order chi connectivity index (χ0) is 10.7. The van der Waals surface area contributed by atoms with Crippen LogP contribution < -0.4 is 5.32 Å². The standard InChI is InChI=1S/C11H21N3O/c1-13-6-7-14(9-11(13)15)8-10-2-4-12-5-3-10/h10,12H,2-9H2,1H3. The van der Waals surface area contributed by atoms with Gasteiger partial charge in [0, 0.05) is 26.7 Å². The van der Waals surface area contributed by atoms with Crippen LogP contribution in [0.2, 0.25) is 0 Å². The molecular formula is C11H21N3O. The van der Waals surface area contributed by atoms with Crippen molar-refractivity contribution >= 4 is 5.91 Å². The molecule has 2 aliphatic heterocycles. The lowest BCUT2D eigenvalue weighted by Gasteiger charge is -2.35. The molecule has 0 atom stereocenters. The SMILES string of the molecule is CN1CCN(CC2CCNCC2)CC1=O. The molecule has 0 aromatic rings. The van der Waals surface area contributed by atoms with E-state index in [1.165, 1.54) is 12.8 Å². The van der Waals surface area contributed by atoms with Gasteiger partial charge in [-0.3, -0.25) is 9.69 Å². The van der Waals surface area contributed by atoms with Gasteiger partial charge in [0.05, 0.1) is 6.54 Å². The molecule has 0 spiro atoms. The molecule has 0 saturated carbocycles. The lowest BCUT2D eigenvalue weighted by atomic mass is 9.97. The normalized spacial score (nSPS) is 25.9. The number of likely N-dealkylation sites (N-methyl/N-ethyl adjacent to an activating group) is 1. The number of amides is 1. The molecule has 86 valence electrons. The number of piperazine rings is 1. The topological polar surface area (TPSA) is 35.6 Å². The van der Waals surface area contributed by atoms with Crippen molar-refractivity contribution in [2.45, 2.75) is 12.8 Å². The van der Waals surface area contributed by atoms with Gasteiger partial charge < -0.3 is 10.2 Å². The van der Waals surface area contributed by atoms with E-state index < -0.39 is 0 Å². The summed E-state index contributed by atoms with van der Waals surface area (Å²) in [5.41, 5.74) is 0. The van der Waals surface area contributed by atoms with Gasteiger partial charge in [-0.2, -0.15) is 0 Å². The van der Waals surface area contributed by atoms with Crippen LogP contribution in [0, 0.1) is 5.92 Å². The first-order valence-corrected chi connectivity index (χ1v) is 5.93. The number of nitrogens with one attached hydrogen (secondary N) is 1. The van der Waals surface area contributed by atoms with Crippen molar-refractivity contribution < 1.29 is 4.79 Å². The molecule has 2 aliphatic rings. The largest absolute Gasteiger partial charge is 0.343 e. The second kappa shape index (κ2) is 4.94. The summed E-state index contributed by atoms with van der Waals surface area (Å²) in [5, 5.41) is 3.37. The highest BCUT2D eigenvalue weighted by Crippen LogP contribution is 2.14. The minimum Gasteiger partial charge on any atom is -0.343 e. The van der Waals surface area contributed by atoms with Crippen LogP contribution >= 0.6 is 0 Å². The molecule has 2 saturated heterocycles. The molecule has 15 heavy (non-hydrogen) atoms. The van der Waals surface area contributed by atoms with Crippen LogP contribution in [0.5, 0.6) is 0 Å². The molecule has 2 rings (SSSR count). The molecule has 2 heterocycles. The Kier molecular flexibility index (Phi) is 3.59. The molecule has 1 N–H and O–H groups in total. The molecule has 4 nitrogen and oxygen atoms in total. The van der Waals surface area contributed by atoms with Crippen molar-refractivity contribution in [1.29, 1.82) is 0 Å². The first-order valence-electron chi connectivity index (χ1n) is 5.93. The highest BCUT2D eigenvalue weighted by Gasteiger charge is 2.23. The van der Waals surface area contributed by atoms with Crippen molar-refractivity contribution in [3.63, 3.8) is 0 Å². The summed E-state index contributed by atoms with van der Waals surface area (Å²) in [6.45, 7) is 5.97. The van der Waals surface area contributed by atoms with Gasteiger partial charge in [-0.15, -0.1) is 0 Å². The molecular weight excluding hydrogens is 190 g/mol. The van der Waals surface area contributed by atoms with Crippen molar-refractivity contribution in [1.82, 2.24) is 15.1 Å². The fourth-order valence-corrected chi connectivity index (χ4v) is 2.39. The summed E-state index contributed by atoms with van der Waals surface area (Å²) < 4.78 is 0. The Hall–Kier alpha value is -0.610. The van der Waals surface area contributed by atoms with Crippen molar-refractivity contribution in [3.05, 3.63) is 0 Å². The minimum absolute atomic E-state index is 0.273. The van der Waals surface area contributed by atoms with Gasteiger partial charge in [0.1, 0.15) is 0 Å². The Morgan fingerprint density at radius 1 is 1.33 bits per heavy atom. The molecule has 0 radical (unpaired) electrons. The van der Waals surface area contributed by atoms with Crippen molar-refractivity contribution in [2.75, 3.05) is 46.3 Å². The van der Waals surface area contributed by atoms with Gasteiger partial charge in [-0.1, -0.05) is 0 Å². The minimum atomic E-state index is 0.273. The van der Waals surface area contributed by atoms with E-state index in [2.05, 4.69) is 10.2 Å². The molecule has 2 fully saturated rings. The maximum absolute atomic E-state index is 11.5. The van der Waals surface area contributed by atoms with Crippen LogP contribution in [0.1, 0.15) is 12.8 Å². The number of hydrogen-bond acceptors (Lipinski definition) is 3. The van der Waals surface area contributed by atoms with Crippen molar-refractivity contribution in [2.24, 2.45) is 5.92 Å². The third kappa shape index (κ3) is 2.92. The molecule has 0 bridgehead atoms. The van der Waals surface area contributed by atoms with Crippen LogP contribution in [0.4, 0.5) is 0 Å². The molecule has 0 aromatic heterocycles. The highest BCUT2D eigenvalue weighted by atomic mass is 16.2. The quantitative estimate of drug-likeness (QED) is 0.685. The number of piperidine rings is 1. The van der Waals surface area contributed by atoms with Gasteiger partial charge in [-0.05, 0) is 31.8 Å². The number of carbonyl (C=O) groups is 1. The molecule has 0 aliphatic carbocycles. The molecule has 4 heteroatoms. The first-order chi connectivity index (χ1) is 7.25. The third-order valence-electron chi connectivity index (χ3n) is 3.51. The fourth-order valence-electron chi connectivity index (χ4n) is 2.39. The number of rotatable bonds is 2. The van der Waals surface area contributed by atoms with Gasteiger partial charge >= 0.3 is 0 Å². The lowest BCUT2D eigenvalue weighted by Crippen LogP contribution is -2.50. The lowest BCUT2D eigenvalue weighted by molar-refractivity contribution is -0.134. The summed E-state index contributed by atoms with van der Waals surface area (Å²) in [6.07, 6.45) is 2.53. The number of hydrogen-bond donors (Lipinski definition) is 1.